The van der Waals surface area contributed by atoms with E-state index < -0.39 is 0 Å². The lowest BCUT2D eigenvalue weighted by molar-refractivity contribution is 0.0617. The monoisotopic (exact) mass is 261 g/mol. The SMILES string of the molecule is CNc1cncc(C(=O)NC2CN3CCC2CC3)n1. The second-order valence-electron chi connectivity index (χ2n) is 5.26. The molecule has 0 radical (unpaired) electrons. The number of anilines is 1. The van der Waals surface area contributed by atoms with Crippen molar-refractivity contribution >= 4 is 11.7 Å². The molecule has 3 aliphatic heterocycles. The molecule has 3 saturated heterocycles. The maximum Gasteiger partial charge on any atom is 0.271 e. The molecule has 4 rings (SSSR count). The van der Waals surface area contributed by atoms with Crippen molar-refractivity contribution in [2.24, 2.45) is 5.92 Å². The molecule has 0 aromatic carbocycles. The van der Waals surface area contributed by atoms with Crippen molar-refractivity contribution in [2.45, 2.75) is 18.9 Å². The number of carbonyl (C=O) groups excluding carboxylic acids is 1. The van der Waals surface area contributed by atoms with E-state index in [2.05, 4.69) is 25.5 Å². The van der Waals surface area contributed by atoms with Crippen LogP contribution in [0, 0.1) is 5.92 Å². The summed E-state index contributed by atoms with van der Waals surface area (Å²) in [6.07, 6.45) is 5.49. The van der Waals surface area contributed by atoms with Crippen LogP contribution in [0.4, 0.5) is 5.82 Å². The Bertz CT molecular complexity index is 470. The first kappa shape index (κ1) is 12.3. The molecule has 102 valence electrons. The van der Waals surface area contributed by atoms with E-state index in [1.165, 1.54) is 32.1 Å². The zero-order chi connectivity index (χ0) is 13.2. The molecule has 3 aliphatic rings. The van der Waals surface area contributed by atoms with Crippen LogP contribution in [0.1, 0.15) is 23.3 Å². The molecule has 4 heterocycles. The highest BCUT2D eigenvalue weighted by molar-refractivity contribution is 5.92. The van der Waals surface area contributed by atoms with Crippen molar-refractivity contribution in [3.05, 3.63) is 18.1 Å². The van der Waals surface area contributed by atoms with Crippen molar-refractivity contribution < 1.29 is 4.79 Å². The second-order valence-corrected chi connectivity index (χ2v) is 5.26. The Morgan fingerprint density at radius 3 is 2.79 bits per heavy atom. The third-order valence-electron chi connectivity index (χ3n) is 4.10. The first-order chi connectivity index (χ1) is 9.26. The van der Waals surface area contributed by atoms with Crippen molar-refractivity contribution in [1.29, 1.82) is 0 Å². The van der Waals surface area contributed by atoms with Crippen LogP contribution in [0.2, 0.25) is 0 Å². The lowest BCUT2D eigenvalue weighted by Gasteiger charge is -2.44. The number of amides is 1. The average Bonchev–Trinajstić information content (AvgIpc) is 2.48. The first-order valence-electron chi connectivity index (χ1n) is 6.79. The number of aromatic nitrogens is 2. The van der Waals surface area contributed by atoms with Gasteiger partial charge in [0.15, 0.2) is 0 Å². The fourth-order valence-electron chi connectivity index (χ4n) is 2.97. The quantitative estimate of drug-likeness (QED) is 0.821. The van der Waals surface area contributed by atoms with Gasteiger partial charge in [0.25, 0.3) is 5.91 Å². The molecule has 0 saturated carbocycles. The zero-order valence-corrected chi connectivity index (χ0v) is 11.1. The van der Waals surface area contributed by atoms with E-state index in [1.807, 2.05) is 0 Å². The summed E-state index contributed by atoms with van der Waals surface area (Å²) >= 11 is 0. The normalized spacial score (nSPS) is 29.0. The standard InChI is InChI=1S/C13H19N5O/c1-14-12-7-15-6-10(16-12)13(19)17-11-8-18-4-2-9(11)3-5-18/h6-7,9,11H,2-5,8H2,1H3,(H,14,16)(H,17,19). The Hall–Kier alpha value is -1.69. The number of nitrogens with zero attached hydrogens (tertiary/aromatic N) is 3. The van der Waals surface area contributed by atoms with Gasteiger partial charge < -0.3 is 15.5 Å². The Morgan fingerprint density at radius 1 is 1.37 bits per heavy atom. The van der Waals surface area contributed by atoms with E-state index >= 15 is 0 Å². The van der Waals surface area contributed by atoms with Gasteiger partial charge in [0.2, 0.25) is 0 Å². The zero-order valence-electron chi connectivity index (χ0n) is 11.1. The number of carbonyl (C=O) groups is 1. The van der Waals surface area contributed by atoms with Gasteiger partial charge in [-0.25, -0.2) is 4.98 Å². The largest absolute Gasteiger partial charge is 0.372 e. The summed E-state index contributed by atoms with van der Waals surface area (Å²) in [5, 5.41) is 6.00. The highest BCUT2D eigenvalue weighted by Crippen LogP contribution is 2.27. The molecule has 1 atom stereocenters. The molecule has 3 fully saturated rings. The Kier molecular flexibility index (Phi) is 3.33. The average molecular weight is 261 g/mol. The van der Waals surface area contributed by atoms with Crippen molar-refractivity contribution in [1.82, 2.24) is 20.2 Å². The smallest absolute Gasteiger partial charge is 0.271 e. The molecular weight excluding hydrogens is 242 g/mol. The first-order valence-corrected chi connectivity index (χ1v) is 6.79. The highest BCUT2D eigenvalue weighted by atomic mass is 16.2. The minimum Gasteiger partial charge on any atom is -0.372 e. The van der Waals surface area contributed by atoms with Gasteiger partial charge in [-0.2, -0.15) is 0 Å². The molecule has 6 heteroatoms. The summed E-state index contributed by atoms with van der Waals surface area (Å²) in [5.41, 5.74) is 0.378. The van der Waals surface area contributed by atoms with E-state index in [9.17, 15) is 4.79 Å². The van der Waals surface area contributed by atoms with Gasteiger partial charge in [0.05, 0.1) is 12.4 Å². The molecule has 2 bridgehead atoms. The summed E-state index contributed by atoms with van der Waals surface area (Å²) in [6.45, 7) is 3.31. The van der Waals surface area contributed by atoms with Crippen LogP contribution in [0.5, 0.6) is 0 Å². The summed E-state index contributed by atoms with van der Waals surface area (Å²) < 4.78 is 0. The molecular formula is C13H19N5O. The molecule has 1 aromatic rings. The van der Waals surface area contributed by atoms with Gasteiger partial charge in [-0.3, -0.25) is 9.78 Å². The lowest BCUT2D eigenvalue weighted by atomic mass is 9.84. The van der Waals surface area contributed by atoms with E-state index in [1.54, 1.807) is 13.2 Å². The van der Waals surface area contributed by atoms with Crippen molar-refractivity contribution in [2.75, 3.05) is 32.0 Å². The van der Waals surface area contributed by atoms with E-state index in [0.29, 0.717) is 17.4 Å². The van der Waals surface area contributed by atoms with Crippen molar-refractivity contribution in [3.8, 4) is 0 Å². The van der Waals surface area contributed by atoms with Crippen LogP contribution < -0.4 is 10.6 Å². The second kappa shape index (κ2) is 5.13. The predicted octanol–water partition coefficient (Wildman–Crippen LogP) is 0.342. The summed E-state index contributed by atoms with van der Waals surface area (Å²) in [4.78, 5) is 22.9. The van der Waals surface area contributed by atoms with Crippen molar-refractivity contribution in [3.63, 3.8) is 0 Å². The number of fused-ring (bicyclic) bond motifs is 3. The van der Waals surface area contributed by atoms with Crippen LogP contribution in [0.15, 0.2) is 12.4 Å². The fourth-order valence-corrected chi connectivity index (χ4v) is 2.97. The number of rotatable bonds is 3. The fraction of sp³-hybridized carbons (Fsp3) is 0.615. The predicted molar refractivity (Wildman–Crippen MR) is 72.0 cm³/mol. The van der Waals surface area contributed by atoms with Gasteiger partial charge >= 0.3 is 0 Å². The van der Waals surface area contributed by atoms with Crippen LogP contribution in [-0.4, -0.2) is 53.5 Å². The highest BCUT2D eigenvalue weighted by Gasteiger charge is 2.35. The Morgan fingerprint density at radius 2 is 2.16 bits per heavy atom. The molecule has 19 heavy (non-hydrogen) atoms. The number of hydrogen-bond acceptors (Lipinski definition) is 5. The topological polar surface area (TPSA) is 70.2 Å². The molecule has 1 unspecified atom stereocenters. The molecule has 2 N–H and O–H groups in total. The van der Waals surface area contributed by atoms with Gasteiger partial charge in [-0.1, -0.05) is 0 Å². The minimum atomic E-state index is -0.122. The van der Waals surface area contributed by atoms with Crippen LogP contribution in [0.25, 0.3) is 0 Å². The van der Waals surface area contributed by atoms with Crippen LogP contribution in [0.3, 0.4) is 0 Å². The maximum atomic E-state index is 12.2. The Labute approximate surface area is 112 Å². The maximum absolute atomic E-state index is 12.2. The number of piperidine rings is 3. The van der Waals surface area contributed by atoms with Gasteiger partial charge in [-0.05, 0) is 31.8 Å². The van der Waals surface area contributed by atoms with Gasteiger partial charge in [0, 0.05) is 19.6 Å². The van der Waals surface area contributed by atoms with E-state index in [-0.39, 0.29) is 11.9 Å². The third-order valence-corrected chi connectivity index (χ3v) is 4.10. The number of hydrogen-bond donors (Lipinski definition) is 2. The van der Waals surface area contributed by atoms with Crippen LogP contribution >= 0.6 is 0 Å². The number of nitrogens with one attached hydrogen (secondary N) is 2. The minimum absolute atomic E-state index is 0.122. The van der Waals surface area contributed by atoms with Crippen LogP contribution in [-0.2, 0) is 0 Å². The molecule has 0 aliphatic carbocycles. The molecule has 0 spiro atoms. The van der Waals surface area contributed by atoms with Gasteiger partial charge in [0.1, 0.15) is 11.5 Å². The lowest BCUT2D eigenvalue weighted by Crippen LogP contribution is -2.57. The molecule has 6 nitrogen and oxygen atoms in total. The molecule has 1 aromatic heterocycles. The Balaban J connectivity index is 1.67. The summed E-state index contributed by atoms with van der Waals surface area (Å²) in [7, 11) is 1.76. The van der Waals surface area contributed by atoms with E-state index in [4.69, 9.17) is 0 Å². The van der Waals surface area contributed by atoms with E-state index in [0.717, 1.165) is 6.54 Å². The van der Waals surface area contributed by atoms with Gasteiger partial charge in [-0.15, -0.1) is 0 Å². The summed E-state index contributed by atoms with van der Waals surface area (Å²) in [5.74, 6) is 1.11. The third kappa shape index (κ3) is 2.53. The summed E-state index contributed by atoms with van der Waals surface area (Å²) in [6, 6.07) is 0.259. The molecule has 1 amide bonds.